The Morgan fingerprint density at radius 2 is 1.96 bits per heavy atom. The van der Waals surface area contributed by atoms with Crippen LogP contribution in [0.25, 0.3) is 0 Å². The van der Waals surface area contributed by atoms with Crippen LogP contribution in [0.4, 0.5) is 10.5 Å². The highest BCUT2D eigenvalue weighted by atomic mass is 16.2. The number of aryl methyl sites for hydroxylation is 1. The first-order valence-electron chi connectivity index (χ1n) is 10.1. The molecule has 3 amide bonds. The second-order valence-electron chi connectivity index (χ2n) is 7.56. The maximum absolute atomic E-state index is 12.9. The second kappa shape index (κ2) is 7.66. The van der Waals surface area contributed by atoms with E-state index in [-0.39, 0.29) is 11.9 Å². The van der Waals surface area contributed by atoms with Crippen molar-refractivity contribution in [2.75, 3.05) is 25.0 Å². The highest BCUT2D eigenvalue weighted by Gasteiger charge is 2.26. The molecular formula is C21H27N5O2. The van der Waals surface area contributed by atoms with Gasteiger partial charge >= 0.3 is 6.03 Å². The first-order chi connectivity index (χ1) is 13.6. The van der Waals surface area contributed by atoms with Crippen LogP contribution in [-0.2, 0) is 19.4 Å². The van der Waals surface area contributed by atoms with Crippen molar-refractivity contribution >= 4 is 17.6 Å². The average Bonchev–Trinajstić information content (AvgIpc) is 3.38. The summed E-state index contributed by atoms with van der Waals surface area (Å²) in [5.41, 5.74) is 5.49. The molecule has 1 aromatic heterocycles. The number of H-pyrrole nitrogens is 1. The maximum Gasteiger partial charge on any atom is 0.322 e. The van der Waals surface area contributed by atoms with Gasteiger partial charge in [-0.15, -0.1) is 0 Å². The fourth-order valence-electron chi connectivity index (χ4n) is 4.11. The van der Waals surface area contributed by atoms with Crippen molar-refractivity contribution in [1.29, 1.82) is 0 Å². The lowest BCUT2D eigenvalue weighted by atomic mass is 10.0. The number of nitrogens with zero attached hydrogens (tertiary/aromatic N) is 3. The second-order valence-corrected chi connectivity index (χ2v) is 7.56. The van der Waals surface area contributed by atoms with Gasteiger partial charge in [0.25, 0.3) is 5.91 Å². The SMILES string of the molecule is CCc1n[nH]c2c1CN(C(=O)Nc1cccc(C(=O)N3CCCC3)c1C)CC2. The van der Waals surface area contributed by atoms with Crippen LogP contribution in [0.1, 0.15) is 52.6 Å². The molecule has 0 bridgehead atoms. The molecule has 0 spiro atoms. The van der Waals surface area contributed by atoms with E-state index in [1.54, 1.807) is 0 Å². The maximum atomic E-state index is 12.9. The van der Waals surface area contributed by atoms with E-state index >= 15 is 0 Å². The predicted octanol–water partition coefficient (Wildman–Crippen LogP) is 3.11. The lowest BCUT2D eigenvalue weighted by Gasteiger charge is -2.28. The van der Waals surface area contributed by atoms with Crippen molar-refractivity contribution in [3.05, 3.63) is 46.3 Å². The number of urea groups is 1. The molecule has 7 nitrogen and oxygen atoms in total. The Hall–Kier alpha value is -2.83. The van der Waals surface area contributed by atoms with Crippen LogP contribution in [0.15, 0.2) is 18.2 Å². The molecule has 2 aromatic rings. The Kier molecular flexibility index (Phi) is 5.07. The van der Waals surface area contributed by atoms with E-state index in [9.17, 15) is 9.59 Å². The van der Waals surface area contributed by atoms with Gasteiger partial charge in [0, 0.05) is 48.6 Å². The molecule has 4 rings (SSSR count). The van der Waals surface area contributed by atoms with Gasteiger partial charge in [-0.1, -0.05) is 13.0 Å². The zero-order valence-electron chi connectivity index (χ0n) is 16.5. The standard InChI is InChI=1S/C21H27N5O2/c1-3-17-16-13-26(12-9-19(16)24-23-17)21(28)22-18-8-6-7-15(14(18)2)20(27)25-10-4-5-11-25/h6-8H,3-5,9-13H2,1-2H3,(H,22,28)(H,23,24). The van der Waals surface area contributed by atoms with Crippen molar-refractivity contribution in [1.82, 2.24) is 20.0 Å². The van der Waals surface area contributed by atoms with Crippen LogP contribution in [0.2, 0.25) is 0 Å². The molecule has 2 aliphatic rings. The van der Waals surface area contributed by atoms with E-state index in [0.717, 1.165) is 61.3 Å². The number of likely N-dealkylation sites (tertiary alicyclic amines) is 1. The fourth-order valence-corrected chi connectivity index (χ4v) is 4.11. The van der Waals surface area contributed by atoms with Crippen molar-refractivity contribution in [3.8, 4) is 0 Å². The molecule has 0 atom stereocenters. The van der Waals surface area contributed by atoms with Gasteiger partial charge in [0.15, 0.2) is 0 Å². The van der Waals surface area contributed by atoms with E-state index < -0.39 is 0 Å². The summed E-state index contributed by atoms with van der Waals surface area (Å²) in [6, 6.07) is 5.41. The number of aromatic amines is 1. The van der Waals surface area contributed by atoms with Crippen LogP contribution in [0.5, 0.6) is 0 Å². The number of hydrogen-bond acceptors (Lipinski definition) is 3. The first-order valence-corrected chi connectivity index (χ1v) is 10.1. The van der Waals surface area contributed by atoms with E-state index in [1.807, 2.05) is 34.9 Å². The van der Waals surface area contributed by atoms with Gasteiger partial charge in [-0.05, 0) is 43.9 Å². The molecule has 1 fully saturated rings. The lowest BCUT2D eigenvalue weighted by Crippen LogP contribution is -2.39. The number of carbonyl (C=O) groups excluding carboxylic acids is 2. The molecule has 28 heavy (non-hydrogen) atoms. The van der Waals surface area contributed by atoms with Crippen LogP contribution in [0, 0.1) is 6.92 Å². The molecule has 0 unspecified atom stereocenters. The Morgan fingerprint density at radius 1 is 1.18 bits per heavy atom. The zero-order valence-corrected chi connectivity index (χ0v) is 16.5. The molecule has 148 valence electrons. The molecule has 1 aromatic carbocycles. The Morgan fingerprint density at radius 3 is 2.71 bits per heavy atom. The number of fused-ring (bicyclic) bond motifs is 1. The van der Waals surface area contributed by atoms with Gasteiger partial charge in [0.2, 0.25) is 0 Å². The van der Waals surface area contributed by atoms with Gasteiger partial charge in [-0.2, -0.15) is 5.10 Å². The van der Waals surface area contributed by atoms with Crippen molar-refractivity contribution in [2.45, 2.75) is 46.1 Å². The number of rotatable bonds is 3. The lowest BCUT2D eigenvalue weighted by molar-refractivity contribution is 0.0792. The normalized spacial score (nSPS) is 16.2. The third-order valence-corrected chi connectivity index (χ3v) is 5.84. The van der Waals surface area contributed by atoms with E-state index in [2.05, 4.69) is 22.4 Å². The van der Waals surface area contributed by atoms with Gasteiger partial charge < -0.3 is 15.1 Å². The number of benzene rings is 1. The summed E-state index contributed by atoms with van der Waals surface area (Å²) in [5.74, 6) is 0.0553. The van der Waals surface area contributed by atoms with Gasteiger partial charge in [0.1, 0.15) is 0 Å². The Labute approximate surface area is 165 Å². The van der Waals surface area contributed by atoms with Crippen LogP contribution in [0.3, 0.4) is 0 Å². The Balaban J connectivity index is 1.49. The van der Waals surface area contributed by atoms with Crippen LogP contribution < -0.4 is 5.32 Å². The number of carbonyl (C=O) groups is 2. The summed E-state index contributed by atoms with van der Waals surface area (Å²) in [5, 5.41) is 10.5. The monoisotopic (exact) mass is 381 g/mol. The van der Waals surface area contributed by atoms with Crippen LogP contribution >= 0.6 is 0 Å². The van der Waals surface area contributed by atoms with Gasteiger partial charge in [-0.25, -0.2) is 4.79 Å². The first kappa shape index (κ1) is 18.5. The van der Waals surface area contributed by atoms with Crippen molar-refractivity contribution in [2.24, 2.45) is 0 Å². The number of nitrogens with one attached hydrogen (secondary N) is 2. The summed E-state index contributed by atoms with van der Waals surface area (Å²) in [6.07, 6.45) is 3.75. The minimum atomic E-state index is -0.136. The highest BCUT2D eigenvalue weighted by molar-refractivity contribution is 5.99. The minimum absolute atomic E-state index is 0.0553. The van der Waals surface area contributed by atoms with Crippen molar-refractivity contribution < 1.29 is 9.59 Å². The molecule has 2 N–H and O–H groups in total. The predicted molar refractivity (Wildman–Crippen MR) is 107 cm³/mol. The molecule has 0 saturated carbocycles. The smallest absolute Gasteiger partial charge is 0.322 e. The summed E-state index contributed by atoms with van der Waals surface area (Å²) < 4.78 is 0. The minimum Gasteiger partial charge on any atom is -0.339 e. The van der Waals surface area contributed by atoms with E-state index in [4.69, 9.17) is 0 Å². The average molecular weight is 381 g/mol. The van der Waals surface area contributed by atoms with E-state index in [1.165, 1.54) is 0 Å². The zero-order chi connectivity index (χ0) is 19.7. The summed E-state index contributed by atoms with van der Waals surface area (Å²) in [4.78, 5) is 29.4. The molecule has 2 aliphatic heterocycles. The molecule has 0 aliphatic carbocycles. The topological polar surface area (TPSA) is 81.3 Å². The molecule has 1 saturated heterocycles. The van der Waals surface area contributed by atoms with Gasteiger partial charge in [0.05, 0.1) is 12.2 Å². The number of hydrogen-bond donors (Lipinski definition) is 2. The van der Waals surface area contributed by atoms with E-state index in [0.29, 0.717) is 24.3 Å². The molecule has 7 heteroatoms. The number of aromatic nitrogens is 2. The molecular weight excluding hydrogens is 354 g/mol. The summed E-state index contributed by atoms with van der Waals surface area (Å²) >= 11 is 0. The van der Waals surface area contributed by atoms with Crippen LogP contribution in [-0.4, -0.2) is 51.6 Å². The molecule has 3 heterocycles. The summed E-state index contributed by atoms with van der Waals surface area (Å²) in [6.45, 7) is 6.81. The number of anilines is 1. The third kappa shape index (κ3) is 3.37. The fraction of sp³-hybridized carbons (Fsp3) is 0.476. The number of amides is 3. The van der Waals surface area contributed by atoms with Crippen molar-refractivity contribution in [3.63, 3.8) is 0 Å². The Bertz CT molecular complexity index is 885. The third-order valence-electron chi connectivity index (χ3n) is 5.84. The van der Waals surface area contributed by atoms with Gasteiger partial charge in [-0.3, -0.25) is 9.89 Å². The summed E-state index contributed by atoms with van der Waals surface area (Å²) in [7, 11) is 0. The highest BCUT2D eigenvalue weighted by Crippen LogP contribution is 2.25. The largest absolute Gasteiger partial charge is 0.339 e. The quantitative estimate of drug-likeness (QED) is 0.857. The molecule has 0 radical (unpaired) electrons.